The van der Waals surface area contributed by atoms with Gasteiger partial charge in [-0.2, -0.15) is 13.2 Å². The second kappa shape index (κ2) is 10.4. The molecule has 11 heteroatoms. The molecule has 0 unspecified atom stereocenters. The fourth-order valence-electron chi connectivity index (χ4n) is 3.01. The monoisotopic (exact) mass is 429 g/mol. The molecule has 1 fully saturated rings. The molecule has 1 aliphatic heterocycles. The highest BCUT2D eigenvalue weighted by molar-refractivity contribution is 5.95. The van der Waals surface area contributed by atoms with Gasteiger partial charge in [-0.15, -0.1) is 0 Å². The van der Waals surface area contributed by atoms with Gasteiger partial charge in [-0.3, -0.25) is 24.7 Å². The molecule has 2 rings (SSSR count). The summed E-state index contributed by atoms with van der Waals surface area (Å²) in [4.78, 5) is 39.2. The number of rotatable bonds is 6. The molecule has 0 spiro atoms. The Balaban J connectivity index is 1.77. The average molecular weight is 429 g/mol. The van der Waals surface area contributed by atoms with E-state index in [1.807, 2.05) is 4.90 Å². The fourth-order valence-corrected chi connectivity index (χ4v) is 3.01. The SMILES string of the molecule is CC(C)NC(=O)NC(=O)CN1CCN(CC(=O)Nc2ccccc2C(F)(F)F)CC1. The van der Waals surface area contributed by atoms with Crippen molar-refractivity contribution < 1.29 is 27.6 Å². The summed E-state index contributed by atoms with van der Waals surface area (Å²) in [6.07, 6.45) is -4.55. The molecule has 0 aliphatic carbocycles. The standard InChI is InChI=1S/C19H26F3N5O3/c1-13(2)23-18(30)25-17(29)12-27-9-7-26(8-10-27)11-16(28)24-15-6-4-3-5-14(15)19(20,21)22/h3-6,13H,7-12H2,1-2H3,(H,24,28)(H2,23,25,29,30). The van der Waals surface area contributed by atoms with Crippen molar-refractivity contribution in [3.05, 3.63) is 29.8 Å². The predicted octanol–water partition coefficient (Wildman–Crippen LogP) is 1.50. The summed E-state index contributed by atoms with van der Waals surface area (Å²) in [7, 11) is 0. The maximum Gasteiger partial charge on any atom is 0.418 e. The van der Waals surface area contributed by atoms with E-state index in [1.54, 1.807) is 18.7 Å². The van der Waals surface area contributed by atoms with Gasteiger partial charge in [0.2, 0.25) is 11.8 Å². The quantitative estimate of drug-likeness (QED) is 0.637. The van der Waals surface area contributed by atoms with Crippen LogP contribution in [-0.2, 0) is 15.8 Å². The van der Waals surface area contributed by atoms with Crippen molar-refractivity contribution in [1.82, 2.24) is 20.4 Å². The summed E-state index contributed by atoms with van der Waals surface area (Å²) >= 11 is 0. The molecule has 0 atom stereocenters. The van der Waals surface area contributed by atoms with E-state index in [9.17, 15) is 27.6 Å². The van der Waals surface area contributed by atoms with Crippen LogP contribution in [0.4, 0.5) is 23.7 Å². The molecule has 0 bridgehead atoms. The number of halogens is 3. The van der Waals surface area contributed by atoms with E-state index in [4.69, 9.17) is 0 Å². The third-order valence-electron chi connectivity index (χ3n) is 4.38. The number of carbonyl (C=O) groups is 3. The summed E-state index contributed by atoms with van der Waals surface area (Å²) in [5.41, 5.74) is -1.17. The largest absolute Gasteiger partial charge is 0.418 e. The number of urea groups is 1. The van der Waals surface area contributed by atoms with Crippen LogP contribution < -0.4 is 16.0 Å². The highest BCUT2D eigenvalue weighted by Gasteiger charge is 2.33. The molecular weight excluding hydrogens is 403 g/mol. The van der Waals surface area contributed by atoms with Crippen molar-refractivity contribution in [2.75, 3.05) is 44.6 Å². The van der Waals surface area contributed by atoms with E-state index >= 15 is 0 Å². The van der Waals surface area contributed by atoms with E-state index in [2.05, 4.69) is 16.0 Å². The third kappa shape index (κ3) is 7.64. The van der Waals surface area contributed by atoms with Crippen molar-refractivity contribution in [2.24, 2.45) is 0 Å². The van der Waals surface area contributed by atoms with Gasteiger partial charge in [-0.05, 0) is 26.0 Å². The van der Waals surface area contributed by atoms with Gasteiger partial charge in [0, 0.05) is 32.2 Å². The highest BCUT2D eigenvalue weighted by atomic mass is 19.4. The zero-order valence-electron chi connectivity index (χ0n) is 16.9. The summed E-state index contributed by atoms with van der Waals surface area (Å²) in [5, 5.41) is 7.13. The Labute approximate surface area is 172 Å². The molecule has 4 amide bonds. The third-order valence-corrected chi connectivity index (χ3v) is 4.38. The first-order valence-electron chi connectivity index (χ1n) is 9.55. The predicted molar refractivity (Wildman–Crippen MR) is 105 cm³/mol. The van der Waals surface area contributed by atoms with E-state index < -0.39 is 29.6 Å². The molecular formula is C19H26F3N5O3. The smallest absolute Gasteiger partial charge is 0.336 e. The minimum atomic E-state index is -4.55. The van der Waals surface area contributed by atoms with E-state index in [1.165, 1.54) is 18.2 Å². The van der Waals surface area contributed by atoms with Gasteiger partial charge in [-0.1, -0.05) is 12.1 Å². The number of anilines is 1. The zero-order chi connectivity index (χ0) is 22.3. The normalized spacial score (nSPS) is 15.7. The van der Waals surface area contributed by atoms with E-state index in [0.717, 1.165) is 6.07 Å². The van der Waals surface area contributed by atoms with Crippen LogP contribution >= 0.6 is 0 Å². The van der Waals surface area contributed by atoms with Crippen LogP contribution in [-0.4, -0.2) is 73.0 Å². The molecule has 1 aromatic carbocycles. The van der Waals surface area contributed by atoms with Crippen molar-refractivity contribution in [2.45, 2.75) is 26.1 Å². The Hall–Kier alpha value is -2.66. The number of carbonyl (C=O) groups excluding carboxylic acids is 3. The summed E-state index contributed by atoms with van der Waals surface area (Å²) in [5.74, 6) is -0.966. The van der Waals surface area contributed by atoms with Crippen LogP contribution in [0.1, 0.15) is 19.4 Å². The number of alkyl halides is 3. The first-order chi connectivity index (χ1) is 14.0. The first kappa shape index (κ1) is 23.6. The number of benzene rings is 1. The number of hydrogen-bond donors (Lipinski definition) is 3. The molecule has 0 saturated carbocycles. The molecule has 1 aliphatic rings. The number of nitrogens with one attached hydrogen (secondary N) is 3. The Morgan fingerprint density at radius 2 is 1.50 bits per heavy atom. The average Bonchev–Trinajstić information content (AvgIpc) is 2.62. The Kier molecular flexibility index (Phi) is 8.18. The van der Waals surface area contributed by atoms with Crippen molar-refractivity contribution in [1.29, 1.82) is 0 Å². The molecule has 0 aromatic heterocycles. The number of nitrogens with zero attached hydrogens (tertiary/aromatic N) is 2. The Morgan fingerprint density at radius 1 is 0.967 bits per heavy atom. The van der Waals surface area contributed by atoms with E-state index in [-0.39, 0.29) is 24.8 Å². The van der Waals surface area contributed by atoms with Gasteiger partial charge in [0.1, 0.15) is 0 Å². The van der Waals surface area contributed by atoms with Crippen molar-refractivity contribution in [3.63, 3.8) is 0 Å². The van der Waals surface area contributed by atoms with Crippen LogP contribution in [0.25, 0.3) is 0 Å². The first-order valence-corrected chi connectivity index (χ1v) is 9.55. The van der Waals surface area contributed by atoms with Crippen LogP contribution in [0.2, 0.25) is 0 Å². The lowest BCUT2D eigenvalue weighted by Gasteiger charge is -2.33. The lowest BCUT2D eigenvalue weighted by molar-refractivity contribution is -0.137. The van der Waals surface area contributed by atoms with Gasteiger partial charge in [0.15, 0.2) is 0 Å². The topological polar surface area (TPSA) is 93.8 Å². The molecule has 1 heterocycles. The second-order valence-electron chi connectivity index (χ2n) is 7.32. The van der Waals surface area contributed by atoms with Gasteiger partial charge in [0.05, 0.1) is 24.3 Å². The Bertz CT molecular complexity index is 762. The number of piperazine rings is 1. The molecule has 166 valence electrons. The number of imide groups is 1. The van der Waals surface area contributed by atoms with Gasteiger partial charge in [-0.25, -0.2) is 4.79 Å². The lowest BCUT2D eigenvalue weighted by Crippen LogP contribution is -2.52. The van der Waals surface area contributed by atoms with E-state index in [0.29, 0.717) is 26.2 Å². The molecule has 1 aromatic rings. The van der Waals surface area contributed by atoms with Crippen molar-refractivity contribution >= 4 is 23.5 Å². The molecule has 30 heavy (non-hydrogen) atoms. The lowest BCUT2D eigenvalue weighted by atomic mass is 10.1. The Morgan fingerprint density at radius 3 is 2.03 bits per heavy atom. The van der Waals surface area contributed by atoms with Crippen LogP contribution in [0, 0.1) is 0 Å². The summed E-state index contributed by atoms with van der Waals surface area (Å²) in [6.45, 7) is 5.48. The van der Waals surface area contributed by atoms with Gasteiger partial charge >= 0.3 is 12.2 Å². The maximum absolute atomic E-state index is 13.0. The second-order valence-corrected chi connectivity index (χ2v) is 7.32. The van der Waals surface area contributed by atoms with Crippen molar-refractivity contribution in [3.8, 4) is 0 Å². The minimum Gasteiger partial charge on any atom is -0.336 e. The molecule has 0 radical (unpaired) electrons. The fraction of sp³-hybridized carbons (Fsp3) is 0.526. The minimum absolute atomic E-state index is 0.0461. The van der Waals surface area contributed by atoms with Crippen LogP contribution in [0.3, 0.4) is 0 Å². The van der Waals surface area contributed by atoms with Gasteiger partial charge in [0.25, 0.3) is 0 Å². The summed E-state index contributed by atoms with van der Waals surface area (Å²) in [6, 6.07) is 4.18. The number of amides is 4. The molecule has 8 nitrogen and oxygen atoms in total. The van der Waals surface area contributed by atoms with Crippen LogP contribution in [0.15, 0.2) is 24.3 Å². The highest BCUT2D eigenvalue weighted by Crippen LogP contribution is 2.34. The molecule has 1 saturated heterocycles. The van der Waals surface area contributed by atoms with Crippen LogP contribution in [0.5, 0.6) is 0 Å². The number of hydrogen-bond acceptors (Lipinski definition) is 5. The zero-order valence-corrected chi connectivity index (χ0v) is 16.9. The maximum atomic E-state index is 13.0. The molecule has 3 N–H and O–H groups in total. The van der Waals surface area contributed by atoms with Gasteiger partial charge < -0.3 is 10.6 Å². The number of para-hydroxylation sites is 1. The summed E-state index contributed by atoms with van der Waals surface area (Å²) < 4.78 is 39.1.